The molecule has 0 unspecified atom stereocenters. The molecule has 1 amide bonds. The van der Waals surface area contributed by atoms with E-state index in [1.165, 1.54) is 25.3 Å². The molecule has 0 atom stereocenters. The molecule has 0 bridgehead atoms. The number of nitriles is 1. The van der Waals surface area contributed by atoms with Crippen molar-refractivity contribution in [3.05, 3.63) is 58.9 Å². The number of rotatable bonds is 8. The van der Waals surface area contributed by atoms with E-state index in [9.17, 15) is 19.2 Å². The molecule has 0 spiro atoms. The highest BCUT2D eigenvalue weighted by atomic mass is 35.5. The number of methoxy groups -OCH3 is 1. The van der Waals surface area contributed by atoms with E-state index in [1.807, 2.05) is 0 Å². The maximum absolute atomic E-state index is 13.2. The largest absolute Gasteiger partial charge is 0.480 e. The van der Waals surface area contributed by atoms with Gasteiger partial charge in [0, 0.05) is 24.2 Å². The van der Waals surface area contributed by atoms with Gasteiger partial charge in [-0.15, -0.1) is 0 Å². The van der Waals surface area contributed by atoms with Gasteiger partial charge in [-0.3, -0.25) is 4.79 Å². The topological polar surface area (TPSA) is 88.9 Å². The van der Waals surface area contributed by atoms with Gasteiger partial charge >= 0.3 is 5.97 Å². The van der Waals surface area contributed by atoms with Gasteiger partial charge in [0.05, 0.1) is 18.6 Å². The van der Waals surface area contributed by atoms with Gasteiger partial charge in [-0.05, 0) is 49.1 Å². The van der Waals surface area contributed by atoms with Gasteiger partial charge in [-0.1, -0.05) is 23.7 Å². The minimum absolute atomic E-state index is 0.224. The van der Waals surface area contributed by atoms with Crippen molar-refractivity contribution in [3.8, 4) is 17.6 Å². The van der Waals surface area contributed by atoms with E-state index in [-0.39, 0.29) is 36.4 Å². The lowest BCUT2D eigenvalue weighted by Crippen LogP contribution is -2.45. The molecule has 2 aromatic carbocycles. The SMILES string of the molecule is COC(=O)COc1cc(Cl)ccc1OCC(=O)N1CCC(C#N)(Cc2ccc(F)cc2)CC1. The molecule has 0 aromatic heterocycles. The molecule has 1 fully saturated rings. The molecule has 0 radical (unpaired) electrons. The third-order valence-electron chi connectivity index (χ3n) is 5.60. The van der Waals surface area contributed by atoms with E-state index < -0.39 is 11.4 Å². The number of carbonyl (C=O) groups is 2. The molecule has 0 saturated carbocycles. The first-order valence-electron chi connectivity index (χ1n) is 10.4. The van der Waals surface area contributed by atoms with Crippen LogP contribution < -0.4 is 9.47 Å². The Morgan fingerprint density at radius 2 is 1.76 bits per heavy atom. The van der Waals surface area contributed by atoms with Crippen molar-refractivity contribution in [2.24, 2.45) is 5.41 Å². The van der Waals surface area contributed by atoms with Crippen LogP contribution in [0.1, 0.15) is 18.4 Å². The van der Waals surface area contributed by atoms with Crippen LogP contribution >= 0.6 is 11.6 Å². The summed E-state index contributed by atoms with van der Waals surface area (Å²) in [5, 5.41) is 10.2. The summed E-state index contributed by atoms with van der Waals surface area (Å²) >= 11 is 5.98. The molecule has 1 aliphatic heterocycles. The van der Waals surface area contributed by atoms with Gasteiger partial charge in [0.2, 0.25) is 0 Å². The monoisotopic (exact) mass is 474 g/mol. The Hall–Kier alpha value is -3.31. The Balaban J connectivity index is 1.55. The maximum atomic E-state index is 13.2. The number of esters is 1. The van der Waals surface area contributed by atoms with E-state index >= 15 is 0 Å². The van der Waals surface area contributed by atoms with Crippen LogP contribution in [0.2, 0.25) is 5.02 Å². The van der Waals surface area contributed by atoms with E-state index in [4.69, 9.17) is 21.1 Å². The van der Waals surface area contributed by atoms with Crippen LogP contribution in [0.5, 0.6) is 11.5 Å². The van der Waals surface area contributed by atoms with Crippen LogP contribution in [0.15, 0.2) is 42.5 Å². The van der Waals surface area contributed by atoms with Gasteiger partial charge in [-0.2, -0.15) is 5.26 Å². The van der Waals surface area contributed by atoms with Gasteiger partial charge < -0.3 is 19.1 Å². The predicted molar refractivity (Wildman–Crippen MR) is 118 cm³/mol. The molecule has 0 aliphatic carbocycles. The number of carbonyl (C=O) groups excluding carboxylic acids is 2. The molecule has 1 heterocycles. The van der Waals surface area contributed by atoms with Crippen molar-refractivity contribution in [1.82, 2.24) is 4.90 Å². The molecule has 1 aliphatic rings. The first kappa shape index (κ1) is 24.3. The van der Waals surface area contributed by atoms with Crippen LogP contribution in [0.25, 0.3) is 0 Å². The minimum atomic E-state index is -0.597. The van der Waals surface area contributed by atoms with Crippen molar-refractivity contribution in [1.29, 1.82) is 5.26 Å². The maximum Gasteiger partial charge on any atom is 0.343 e. The standard InChI is InChI=1S/C24H24ClFN2O5/c1-31-23(30)15-33-21-12-18(25)4-7-20(21)32-14-22(29)28-10-8-24(16-27,9-11-28)13-17-2-5-19(26)6-3-17/h2-7,12H,8-11,13-15H2,1H3. The molecule has 1 saturated heterocycles. The van der Waals surface area contributed by atoms with E-state index in [0.29, 0.717) is 37.4 Å². The zero-order valence-electron chi connectivity index (χ0n) is 18.2. The zero-order chi connectivity index (χ0) is 23.8. The molecule has 2 aromatic rings. The van der Waals surface area contributed by atoms with Crippen LogP contribution in [0.4, 0.5) is 4.39 Å². The summed E-state index contributed by atoms with van der Waals surface area (Å²) in [4.78, 5) is 25.7. The predicted octanol–water partition coefficient (Wildman–Crippen LogP) is 3.78. The van der Waals surface area contributed by atoms with Crippen molar-refractivity contribution >= 4 is 23.5 Å². The first-order chi connectivity index (χ1) is 15.8. The summed E-state index contributed by atoms with van der Waals surface area (Å²) < 4.78 is 28.7. The van der Waals surface area contributed by atoms with Crippen LogP contribution in [-0.4, -0.2) is 50.2 Å². The Morgan fingerprint density at radius 3 is 2.39 bits per heavy atom. The van der Waals surface area contributed by atoms with Crippen molar-refractivity contribution in [2.75, 3.05) is 33.4 Å². The molecule has 7 nitrogen and oxygen atoms in total. The van der Waals surface area contributed by atoms with Crippen LogP contribution in [0.3, 0.4) is 0 Å². The van der Waals surface area contributed by atoms with E-state index in [0.717, 1.165) is 5.56 Å². The molecule has 0 N–H and O–H groups in total. The second-order valence-corrected chi connectivity index (χ2v) is 8.26. The molecular weight excluding hydrogens is 451 g/mol. The molecule has 3 rings (SSSR count). The summed E-state index contributed by atoms with van der Waals surface area (Å²) in [6.45, 7) is 0.290. The fraction of sp³-hybridized carbons (Fsp3) is 0.375. The average molecular weight is 475 g/mol. The Labute approximate surface area is 196 Å². The second-order valence-electron chi connectivity index (χ2n) is 7.82. The molecular formula is C24H24ClFN2O5. The van der Waals surface area contributed by atoms with Gasteiger partial charge in [0.25, 0.3) is 5.91 Å². The second kappa shape index (κ2) is 11.0. The molecule has 33 heavy (non-hydrogen) atoms. The number of halogens is 2. The smallest absolute Gasteiger partial charge is 0.343 e. The van der Waals surface area contributed by atoms with Gasteiger partial charge in [0.1, 0.15) is 5.82 Å². The number of ether oxygens (including phenoxy) is 3. The lowest BCUT2D eigenvalue weighted by atomic mass is 9.75. The summed E-state index contributed by atoms with van der Waals surface area (Å²) in [6.07, 6.45) is 1.54. The number of likely N-dealkylation sites (tertiary alicyclic amines) is 1. The Morgan fingerprint density at radius 1 is 1.09 bits per heavy atom. The van der Waals surface area contributed by atoms with E-state index in [1.54, 1.807) is 29.2 Å². The third kappa shape index (κ3) is 6.59. The number of piperidine rings is 1. The zero-order valence-corrected chi connectivity index (χ0v) is 18.9. The minimum Gasteiger partial charge on any atom is -0.480 e. The number of amides is 1. The summed E-state index contributed by atoms with van der Waals surface area (Å²) in [6, 6.07) is 13.2. The Bertz CT molecular complexity index is 1030. The fourth-order valence-electron chi connectivity index (χ4n) is 3.65. The fourth-order valence-corrected chi connectivity index (χ4v) is 3.81. The average Bonchev–Trinajstić information content (AvgIpc) is 2.83. The quantitative estimate of drug-likeness (QED) is 0.541. The highest BCUT2D eigenvalue weighted by molar-refractivity contribution is 6.30. The molecule has 174 valence electrons. The number of hydrogen-bond donors (Lipinski definition) is 0. The highest BCUT2D eigenvalue weighted by Gasteiger charge is 2.36. The lowest BCUT2D eigenvalue weighted by molar-refractivity contribution is -0.143. The lowest BCUT2D eigenvalue weighted by Gasteiger charge is -2.37. The van der Waals surface area contributed by atoms with Crippen molar-refractivity contribution < 1.29 is 28.2 Å². The summed E-state index contributed by atoms with van der Waals surface area (Å²) in [5.74, 6) is -0.604. The van der Waals surface area contributed by atoms with Gasteiger partial charge in [0.15, 0.2) is 24.7 Å². The Kier molecular flexibility index (Phi) is 8.12. The van der Waals surface area contributed by atoms with Crippen molar-refractivity contribution in [3.63, 3.8) is 0 Å². The molecule has 9 heteroatoms. The first-order valence-corrected chi connectivity index (χ1v) is 10.8. The number of nitrogens with zero attached hydrogens (tertiary/aromatic N) is 2. The normalized spacial score (nSPS) is 14.8. The third-order valence-corrected chi connectivity index (χ3v) is 5.83. The van der Waals surface area contributed by atoms with Crippen molar-refractivity contribution in [2.45, 2.75) is 19.3 Å². The highest BCUT2D eigenvalue weighted by Crippen LogP contribution is 2.35. The number of benzene rings is 2. The van der Waals surface area contributed by atoms with Crippen LogP contribution in [0, 0.1) is 22.6 Å². The summed E-state index contributed by atoms with van der Waals surface area (Å²) in [5.41, 5.74) is 0.295. The number of hydrogen-bond acceptors (Lipinski definition) is 6. The van der Waals surface area contributed by atoms with E-state index in [2.05, 4.69) is 10.8 Å². The van der Waals surface area contributed by atoms with Crippen LogP contribution in [-0.2, 0) is 20.7 Å². The van der Waals surface area contributed by atoms with Gasteiger partial charge in [-0.25, -0.2) is 9.18 Å². The summed E-state index contributed by atoms with van der Waals surface area (Å²) in [7, 11) is 1.25.